The second-order valence-electron chi connectivity index (χ2n) is 6.42. The largest absolute Gasteiger partial charge is 0.461 e. The number of hydrogen-bond acceptors (Lipinski definition) is 6. The summed E-state index contributed by atoms with van der Waals surface area (Å²) in [6.45, 7) is 2.19. The summed E-state index contributed by atoms with van der Waals surface area (Å²) >= 11 is 0. The van der Waals surface area contributed by atoms with Gasteiger partial charge in [0.05, 0.1) is 16.4 Å². The van der Waals surface area contributed by atoms with Crippen LogP contribution in [0.25, 0.3) is 10.9 Å². The normalized spacial score (nSPS) is 26.5. The molecule has 126 valence electrons. The van der Waals surface area contributed by atoms with Crippen LogP contribution in [0.15, 0.2) is 24.4 Å². The third kappa shape index (κ3) is 2.58. The number of ether oxygens (including phenoxy) is 2. The van der Waals surface area contributed by atoms with Crippen LogP contribution in [-0.2, 0) is 4.79 Å². The van der Waals surface area contributed by atoms with Gasteiger partial charge in [-0.2, -0.15) is 4.98 Å². The van der Waals surface area contributed by atoms with Crippen molar-refractivity contribution < 1.29 is 18.7 Å². The summed E-state index contributed by atoms with van der Waals surface area (Å²) in [5.74, 6) is 0.408. The maximum atomic E-state index is 13.8. The second-order valence-corrected chi connectivity index (χ2v) is 6.42. The van der Waals surface area contributed by atoms with Gasteiger partial charge in [-0.25, -0.2) is 9.37 Å². The molecule has 2 aliphatic rings. The van der Waals surface area contributed by atoms with E-state index in [9.17, 15) is 9.18 Å². The van der Waals surface area contributed by atoms with Gasteiger partial charge in [0.1, 0.15) is 18.5 Å². The first-order chi connectivity index (χ1) is 11.7. The predicted molar refractivity (Wildman–Crippen MR) is 84.8 cm³/mol. The van der Waals surface area contributed by atoms with Gasteiger partial charge in [0.2, 0.25) is 0 Å². The van der Waals surface area contributed by atoms with Crippen LogP contribution in [0.1, 0.15) is 19.3 Å². The van der Waals surface area contributed by atoms with Gasteiger partial charge in [0.25, 0.3) is 6.47 Å². The minimum Gasteiger partial charge on any atom is -0.461 e. The lowest BCUT2D eigenvalue weighted by Gasteiger charge is -2.30. The van der Waals surface area contributed by atoms with Crippen molar-refractivity contribution in [2.24, 2.45) is 0 Å². The molecular weight excluding hydrogens is 313 g/mol. The Morgan fingerprint density at radius 1 is 1.46 bits per heavy atom. The van der Waals surface area contributed by atoms with Crippen LogP contribution in [0.4, 0.5) is 4.39 Å². The molecule has 0 saturated carbocycles. The van der Waals surface area contributed by atoms with Crippen molar-refractivity contribution in [3.05, 3.63) is 24.4 Å². The van der Waals surface area contributed by atoms with Crippen molar-refractivity contribution in [2.45, 2.75) is 31.0 Å². The lowest BCUT2D eigenvalue weighted by Crippen LogP contribution is -2.43. The van der Waals surface area contributed by atoms with E-state index in [-0.39, 0.29) is 11.5 Å². The molecule has 1 aromatic heterocycles. The number of carbonyl (C=O) groups is 1. The molecule has 2 aromatic rings. The Labute approximate surface area is 138 Å². The van der Waals surface area contributed by atoms with Crippen LogP contribution in [0.5, 0.6) is 11.8 Å². The summed E-state index contributed by atoms with van der Waals surface area (Å²) in [4.78, 5) is 21.3. The molecule has 0 amide bonds. The molecule has 6 nitrogen and oxygen atoms in total. The highest BCUT2D eigenvalue weighted by Gasteiger charge is 2.49. The van der Waals surface area contributed by atoms with Crippen molar-refractivity contribution in [3.8, 4) is 11.8 Å². The summed E-state index contributed by atoms with van der Waals surface area (Å²) in [6.07, 6.45) is 3.32. The van der Waals surface area contributed by atoms with E-state index in [1.165, 1.54) is 0 Å². The minimum atomic E-state index is -0.783. The molecule has 2 saturated heterocycles. The van der Waals surface area contributed by atoms with E-state index in [0.717, 1.165) is 19.4 Å². The van der Waals surface area contributed by atoms with Gasteiger partial charge in [-0.3, -0.25) is 9.69 Å². The number of halogens is 1. The highest BCUT2D eigenvalue weighted by Crippen LogP contribution is 2.40. The fraction of sp³-hybridized carbons (Fsp3) is 0.471. The Hall–Kier alpha value is -2.28. The van der Waals surface area contributed by atoms with Crippen molar-refractivity contribution >= 4 is 17.4 Å². The fourth-order valence-electron chi connectivity index (χ4n) is 3.88. The van der Waals surface area contributed by atoms with E-state index >= 15 is 0 Å². The molecule has 0 radical (unpaired) electrons. The van der Waals surface area contributed by atoms with Gasteiger partial charge in [0.15, 0.2) is 0 Å². The first-order valence-corrected chi connectivity index (χ1v) is 8.08. The maximum Gasteiger partial charge on any atom is 0.316 e. The Morgan fingerprint density at radius 3 is 3.25 bits per heavy atom. The summed E-state index contributed by atoms with van der Waals surface area (Å²) in [5, 5.41) is 0.641. The number of benzene rings is 1. The van der Waals surface area contributed by atoms with Gasteiger partial charge >= 0.3 is 6.01 Å². The molecule has 1 aromatic carbocycles. The average Bonchev–Trinajstić information content (AvgIpc) is 3.09. The van der Waals surface area contributed by atoms with Gasteiger partial charge < -0.3 is 9.47 Å². The summed E-state index contributed by atoms with van der Waals surface area (Å²) in [6, 6.07) is 5.49. The molecule has 0 N–H and O–H groups in total. The minimum absolute atomic E-state index is 0.222. The Kier molecular flexibility index (Phi) is 3.80. The summed E-state index contributed by atoms with van der Waals surface area (Å²) in [7, 11) is 0. The van der Waals surface area contributed by atoms with Gasteiger partial charge in [0, 0.05) is 19.2 Å². The molecule has 4 rings (SSSR count). The second kappa shape index (κ2) is 5.98. The van der Waals surface area contributed by atoms with Crippen molar-refractivity contribution in [1.29, 1.82) is 0 Å². The quantitative estimate of drug-likeness (QED) is 0.782. The van der Waals surface area contributed by atoms with E-state index < -0.39 is 6.17 Å². The molecule has 0 bridgehead atoms. The van der Waals surface area contributed by atoms with E-state index in [0.29, 0.717) is 42.7 Å². The van der Waals surface area contributed by atoms with E-state index in [1.54, 1.807) is 24.4 Å². The molecule has 2 fully saturated rings. The van der Waals surface area contributed by atoms with Crippen molar-refractivity contribution in [2.75, 3.05) is 19.7 Å². The number of carbonyl (C=O) groups excluding carboxylic acids is 1. The van der Waals surface area contributed by atoms with Gasteiger partial charge in [-0.15, -0.1) is 0 Å². The number of hydrogen-bond donors (Lipinski definition) is 0. The van der Waals surface area contributed by atoms with Crippen LogP contribution < -0.4 is 9.47 Å². The monoisotopic (exact) mass is 331 g/mol. The molecular formula is C17H18FN3O3. The fourth-order valence-corrected chi connectivity index (χ4v) is 3.88. The molecule has 0 spiro atoms. The third-order valence-corrected chi connectivity index (χ3v) is 4.97. The Morgan fingerprint density at radius 2 is 2.38 bits per heavy atom. The van der Waals surface area contributed by atoms with Gasteiger partial charge in [-0.1, -0.05) is 6.07 Å². The number of fused-ring (bicyclic) bond motifs is 2. The smallest absolute Gasteiger partial charge is 0.316 e. The van der Waals surface area contributed by atoms with E-state index in [4.69, 9.17) is 9.47 Å². The van der Waals surface area contributed by atoms with Gasteiger partial charge in [-0.05, 0) is 31.5 Å². The Bertz CT molecular complexity index is 772. The standard InChI is InChI=1S/C17H18FN3O3/c18-12-7-17(5-2-6-21(17)9-12)10-23-16-19-8-13-14(20-16)3-1-4-15(13)24-11-22/h1,3-4,8,11-12H,2,5-7,9-10H2/t12-,17+/m1/s1. The van der Waals surface area contributed by atoms with Crippen LogP contribution in [0.3, 0.4) is 0 Å². The third-order valence-electron chi connectivity index (χ3n) is 4.97. The predicted octanol–water partition coefficient (Wildman–Crippen LogP) is 2.12. The zero-order valence-electron chi connectivity index (χ0n) is 13.2. The highest BCUT2D eigenvalue weighted by molar-refractivity contribution is 5.85. The number of aromatic nitrogens is 2. The first-order valence-electron chi connectivity index (χ1n) is 8.08. The topological polar surface area (TPSA) is 64.6 Å². The van der Waals surface area contributed by atoms with E-state index in [1.807, 2.05) is 0 Å². The zero-order chi connectivity index (χ0) is 16.6. The Balaban J connectivity index is 1.54. The maximum absolute atomic E-state index is 13.8. The molecule has 7 heteroatoms. The molecule has 3 heterocycles. The first kappa shape index (κ1) is 15.3. The molecule has 0 aliphatic carbocycles. The highest BCUT2D eigenvalue weighted by atomic mass is 19.1. The molecule has 2 atom stereocenters. The summed E-state index contributed by atoms with van der Waals surface area (Å²) in [5.41, 5.74) is 0.412. The lowest BCUT2D eigenvalue weighted by atomic mass is 9.95. The van der Waals surface area contributed by atoms with Crippen molar-refractivity contribution in [3.63, 3.8) is 0 Å². The zero-order valence-corrected chi connectivity index (χ0v) is 13.2. The van der Waals surface area contributed by atoms with Crippen LogP contribution in [-0.4, -0.2) is 52.7 Å². The van der Waals surface area contributed by atoms with Crippen LogP contribution in [0.2, 0.25) is 0 Å². The molecule has 0 unspecified atom stereocenters. The molecule has 24 heavy (non-hydrogen) atoms. The molecule has 2 aliphatic heterocycles. The number of rotatable bonds is 5. The number of nitrogens with zero attached hydrogens (tertiary/aromatic N) is 3. The number of alkyl halides is 1. The lowest BCUT2D eigenvalue weighted by molar-refractivity contribution is -0.120. The van der Waals surface area contributed by atoms with Crippen LogP contribution >= 0.6 is 0 Å². The SMILES string of the molecule is O=COc1cccc2nc(OC[C@@]34CCCN3C[C@H](F)C4)ncc12. The van der Waals surface area contributed by atoms with Crippen molar-refractivity contribution in [1.82, 2.24) is 14.9 Å². The summed E-state index contributed by atoms with van der Waals surface area (Å²) < 4.78 is 24.5. The van der Waals surface area contributed by atoms with E-state index in [2.05, 4.69) is 14.9 Å². The van der Waals surface area contributed by atoms with Crippen LogP contribution in [0, 0.1) is 0 Å². The average molecular weight is 331 g/mol.